The standard InChI is InChI=1S/C9H10N6O/c1-6(2-3-10)4-8-12-9(14-16-8)7-5-11-15-13-7/h5-6H,2,4H2,1H3,(H,11,13,15). The number of nitrogens with zero attached hydrogens (tertiary/aromatic N) is 5. The summed E-state index contributed by atoms with van der Waals surface area (Å²) in [7, 11) is 0. The first-order valence-electron chi connectivity index (χ1n) is 4.85. The Hall–Kier alpha value is -2.23. The monoisotopic (exact) mass is 218 g/mol. The normalized spacial score (nSPS) is 12.2. The van der Waals surface area contributed by atoms with Crippen LogP contribution in [0.3, 0.4) is 0 Å². The maximum atomic E-state index is 8.53. The predicted molar refractivity (Wildman–Crippen MR) is 52.8 cm³/mol. The molecule has 16 heavy (non-hydrogen) atoms. The van der Waals surface area contributed by atoms with Gasteiger partial charge in [0.15, 0.2) is 5.69 Å². The van der Waals surface area contributed by atoms with E-state index in [1.54, 1.807) is 0 Å². The van der Waals surface area contributed by atoms with Gasteiger partial charge in [0.25, 0.3) is 0 Å². The third-order valence-electron chi connectivity index (χ3n) is 2.08. The van der Waals surface area contributed by atoms with E-state index in [0.717, 1.165) is 0 Å². The lowest BCUT2D eigenvalue weighted by Gasteiger charge is -2.00. The molecule has 0 aromatic carbocycles. The minimum atomic E-state index is 0.204. The van der Waals surface area contributed by atoms with Gasteiger partial charge >= 0.3 is 0 Å². The van der Waals surface area contributed by atoms with Gasteiger partial charge in [0, 0.05) is 12.8 Å². The summed E-state index contributed by atoms with van der Waals surface area (Å²) in [6, 6.07) is 2.10. The zero-order chi connectivity index (χ0) is 11.4. The van der Waals surface area contributed by atoms with Crippen molar-refractivity contribution in [1.29, 1.82) is 5.26 Å². The average molecular weight is 218 g/mol. The van der Waals surface area contributed by atoms with E-state index in [2.05, 4.69) is 31.6 Å². The Balaban J connectivity index is 2.06. The van der Waals surface area contributed by atoms with Gasteiger partial charge in [0.05, 0.1) is 12.3 Å². The van der Waals surface area contributed by atoms with Gasteiger partial charge in [-0.1, -0.05) is 12.1 Å². The molecule has 0 aliphatic carbocycles. The molecule has 2 aromatic heterocycles. The van der Waals surface area contributed by atoms with E-state index in [-0.39, 0.29) is 5.92 Å². The lowest BCUT2D eigenvalue weighted by Crippen LogP contribution is -1.98. The molecule has 82 valence electrons. The van der Waals surface area contributed by atoms with Crippen molar-refractivity contribution in [2.45, 2.75) is 19.8 Å². The summed E-state index contributed by atoms with van der Waals surface area (Å²) in [5.74, 6) is 1.13. The molecule has 1 atom stereocenters. The molecule has 1 N–H and O–H groups in total. The van der Waals surface area contributed by atoms with Gasteiger partial charge in [-0.15, -0.1) is 0 Å². The van der Waals surface area contributed by atoms with Crippen LogP contribution in [0, 0.1) is 17.2 Å². The van der Waals surface area contributed by atoms with Gasteiger partial charge in [-0.05, 0) is 5.92 Å². The summed E-state index contributed by atoms with van der Waals surface area (Å²) in [4.78, 5) is 4.17. The summed E-state index contributed by atoms with van der Waals surface area (Å²) >= 11 is 0. The molecule has 0 fully saturated rings. The van der Waals surface area contributed by atoms with Crippen LogP contribution >= 0.6 is 0 Å². The van der Waals surface area contributed by atoms with Crippen LogP contribution in [0.5, 0.6) is 0 Å². The molecule has 2 heterocycles. The quantitative estimate of drug-likeness (QED) is 0.819. The molecule has 2 rings (SSSR count). The third-order valence-corrected chi connectivity index (χ3v) is 2.08. The highest BCUT2D eigenvalue weighted by atomic mass is 16.5. The molecule has 0 aliphatic heterocycles. The molecule has 0 bridgehead atoms. The Bertz CT molecular complexity index is 482. The predicted octanol–water partition coefficient (Wildman–Crippen LogP) is 0.947. The largest absolute Gasteiger partial charge is 0.339 e. The number of hydrogen-bond donors (Lipinski definition) is 1. The summed E-state index contributed by atoms with van der Waals surface area (Å²) in [6.45, 7) is 1.96. The van der Waals surface area contributed by atoms with Crippen LogP contribution in [0.15, 0.2) is 10.7 Å². The Morgan fingerprint density at radius 1 is 1.62 bits per heavy atom. The first-order valence-corrected chi connectivity index (χ1v) is 4.85. The van der Waals surface area contributed by atoms with Gasteiger partial charge < -0.3 is 4.52 Å². The molecule has 1 unspecified atom stereocenters. The Labute approximate surface area is 91.5 Å². The van der Waals surface area contributed by atoms with Gasteiger partial charge in [0.1, 0.15) is 0 Å². The van der Waals surface area contributed by atoms with E-state index < -0.39 is 0 Å². The first kappa shape index (κ1) is 10.3. The molecule has 0 radical (unpaired) electrons. The fourth-order valence-electron chi connectivity index (χ4n) is 1.28. The van der Waals surface area contributed by atoms with E-state index in [4.69, 9.17) is 9.78 Å². The molecule has 0 spiro atoms. The highest BCUT2D eigenvalue weighted by Crippen LogP contribution is 2.14. The van der Waals surface area contributed by atoms with Gasteiger partial charge in [-0.3, -0.25) is 0 Å². The second kappa shape index (κ2) is 4.53. The van der Waals surface area contributed by atoms with Crippen molar-refractivity contribution in [3.8, 4) is 17.6 Å². The number of aromatic amines is 1. The first-order chi connectivity index (χ1) is 7.79. The van der Waals surface area contributed by atoms with Crippen LogP contribution in [0.1, 0.15) is 19.2 Å². The molecule has 7 heteroatoms. The third kappa shape index (κ3) is 2.23. The minimum Gasteiger partial charge on any atom is -0.339 e. The summed E-state index contributed by atoms with van der Waals surface area (Å²) in [5, 5.41) is 22.3. The number of rotatable bonds is 4. The van der Waals surface area contributed by atoms with E-state index in [0.29, 0.717) is 30.3 Å². The van der Waals surface area contributed by atoms with E-state index in [1.807, 2.05) is 6.92 Å². The Morgan fingerprint density at radius 3 is 3.19 bits per heavy atom. The van der Waals surface area contributed by atoms with Crippen LogP contribution in [0.4, 0.5) is 0 Å². The summed E-state index contributed by atoms with van der Waals surface area (Å²) in [6.07, 6.45) is 2.59. The van der Waals surface area contributed by atoms with E-state index >= 15 is 0 Å². The Kier molecular flexibility index (Phi) is 2.91. The van der Waals surface area contributed by atoms with Crippen molar-refractivity contribution in [1.82, 2.24) is 25.6 Å². The second-order valence-electron chi connectivity index (χ2n) is 3.54. The number of aromatic nitrogens is 5. The highest BCUT2D eigenvalue weighted by molar-refractivity contribution is 5.44. The van der Waals surface area contributed by atoms with Gasteiger partial charge in [0.2, 0.25) is 11.7 Å². The van der Waals surface area contributed by atoms with Crippen molar-refractivity contribution in [2.24, 2.45) is 5.92 Å². The smallest absolute Gasteiger partial charge is 0.227 e. The van der Waals surface area contributed by atoms with E-state index in [9.17, 15) is 0 Å². The van der Waals surface area contributed by atoms with Crippen LogP contribution < -0.4 is 0 Å². The van der Waals surface area contributed by atoms with E-state index in [1.165, 1.54) is 6.20 Å². The summed E-state index contributed by atoms with van der Waals surface area (Å²) < 4.78 is 5.05. The van der Waals surface area contributed by atoms with Crippen LogP contribution in [0.25, 0.3) is 11.5 Å². The van der Waals surface area contributed by atoms with Crippen molar-refractivity contribution < 1.29 is 4.52 Å². The van der Waals surface area contributed by atoms with Crippen LogP contribution in [-0.2, 0) is 6.42 Å². The highest BCUT2D eigenvalue weighted by Gasteiger charge is 2.13. The number of nitriles is 1. The molecule has 0 saturated carbocycles. The number of nitrogens with one attached hydrogen (secondary N) is 1. The molecular formula is C9H10N6O. The van der Waals surface area contributed by atoms with Crippen LogP contribution in [0.2, 0.25) is 0 Å². The zero-order valence-corrected chi connectivity index (χ0v) is 8.71. The lowest BCUT2D eigenvalue weighted by atomic mass is 10.1. The van der Waals surface area contributed by atoms with Gasteiger partial charge in [-0.25, -0.2) is 0 Å². The molecule has 0 aliphatic rings. The molecule has 2 aromatic rings. The Morgan fingerprint density at radius 2 is 2.50 bits per heavy atom. The SMILES string of the molecule is CC(CC#N)Cc1nc(-c2cn[nH]n2)no1. The molecular weight excluding hydrogens is 208 g/mol. The number of hydrogen-bond acceptors (Lipinski definition) is 6. The lowest BCUT2D eigenvalue weighted by molar-refractivity contribution is 0.359. The van der Waals surface area contributed by atoms with Gasteiger partial charge in [-0.2, -0.15) is 25.7 Å². The summed E-state index contributed by atoms with van der Waals surface area (Å²) in [5.41, 5.74) is 0.544. The maximum Gasteiger partial charge on any atom is 0.227 e. The molecule has 7 nitrogen and oxygen atoms in total. The minimum absolute atomic E-state index is 0.204. The van der Waals surface area contributed by atoms with Crippen molar-refractivity contribution in [3.63, 3.8) is 0 Å². The van der Waals surface area contributed by atoms with Crippen LogP contribution in [-0.4, -0.2) is 25.6 Å². The fraction of sp³-hybridized carbons (Fsp3) is 0.444. The molecule has 0 saturated heterocycles. The second-order valence-corrected chi connectivity index (χ2v) is 3.54. The average Bonchev–Trinajstić information content (AvgIpc) is 2.86. The number of H-pyrrole nitrogens is 1. The molecule has 0 amide bonds. The zero-order valence-electron chi connectivity index (χ0n) is 8.71. The van der Waals surface area contributed by atoms with Crippen molar-refractivity contribution >= 4 is 0 Å². The fourth-order valence-corrected chi connectivity index (χ4v) is 1.28. The maximum absolute atomic E-state index is 8.53. The van der Waals surface area contributed by atoms with Crippen molar-refractivity contribution in [2.75, 3.05) is 0 Å². The van der Waals surface area contributed by atoms with Crippen molar-refractivity contribution in [3.05, 3.63) is 12.1 Å². The topological polar surface area (TPSA) is 104 Å².